The lowest BCUT2D eigenvalue weighted by molar-refractivity contribution is 0.660. The molecule has 0 fully saturated rings. The van der Waals surface area contributed by atoms with Crippen LogP contribution in [0, 0.1) is 0 Å². The third-order valence-electron chi connectivity index (χ3n) is 12.3. The van der Waals surface area contributed by atoms with E-state index in [0.29, 0.717) is 5.82 Å². The van der Waals surface area contributed by atoms with Crippen LogP contribution in [-0.4, -0.2) is 9.97 Å². The van der Waals surface area contributed by atoms with E-state index in [2.05, 4.69) is 153 Å². The SMILES string of the molecule is CC1(C)c2ccccc2-c2ccc(-c3cc(-c4cc(-c5cccc6c5oc5ccccc56)ccc4-c4cccc5c4oc4ccccc45)nc(-c4ccccc4)n3)cc21. The zero-order valence-corrected chi connectivity index (χ0v) is 32.5. The zero-order chi connectivity index (χ0) is 39.2. The Balaban J connectivity index is 1.12. The van der Waals surface area contributed by atoms with Crippen LogP contribution in [0.2, 0.25) is 0 Å². The molecule has 0 radical (unpaired) electrons. The van der Waals surface area contributed by atoms with Gasteiger partial charge < -0.3 is 8.83 Å². The fourth-order valence-electron chi connectivity index (χ4n) is 9.41. The number of rotatable bonds is 5. The van der Waals surface area contributed by atoms with Crippen molar-refractivity contribution in [2.75, 3.05) is 0 Å². The van der Waals surface area contributed by atoms with Crippen molar-refractivity contribution in [1.29, 1.82) is 0 Å². The molecule has 0 atom stereocenters. The summed E-state index contributed by atoms with van der Waals surface area (Å²) >= 11 is 0. The Morgan fingerprint density at radius 1 is 0.356 bits per heavy atom. The molecule has 3 heterocycles. The highest BCUT2D eigenvalue weighted by atomic mass is 16.3. The number of benzene rings is 8. The van der Waals surface area contributed by atoms with E-state index >= 15 is 0 Å². The third-order valence-corrected chi connectivity index (χ3v) is 12.3. The number of para-hydroxylation sites is 4. The molecule has 1 aliphatic carbocycles. The van der Waals surface area contributed by atoms with E-state index in [0.717, 1.165) is 94.2 Å². The molecular weight excluding hydrogens is 721 g/mol. The highest BCUT2D eigenvalue weighted by molar-refractivity contribution is 6.12. The van der Waals surface area contributed by atoms with Crippen molar-refractivity contribution in [3.63, 3.8) is 0 Å². The topological polar surface area (TPSA) is 52.1 Å². The van der Waals surface area contributed by atoms with E-state index in [1.54, 1.807) is 0 Å². The molecule has 11 aromatic rings. The fraction of sp³-hybridized carbons (Fsp3) is 0.0545. The van der Waals surface area contributed by atoms with Crippen molar-refractivity contribution in [2.24, 2.45) is 0 Å². The Kier molecular flexibility index (Phi) is 7.24. The van der Waals surface area contributed by atoms with E-state index < -0.39 is 0 Å². The quantitative estimate of drug-likeness (QED) is 0.175. The maximum absolute atomic E-state index is 6.66. The Morgan fingerprint density at radius 3 is 1.68 bits per heavy atom. The van der Waals surface area contributed by atoms with Gasteiger partial charge in [-0.2, -0.15) is 0 Å². The summed E-state index contributed by atoms with van der Waals surface area (Å²) in [6, 6.07) is 64.0. The molecule has 0 bridgehead atoms. The Labute approximate surface area is 341 Å². The van der Waals surface area contributed by atoms with E-state index in [1.165, 1.54) is 22.3 Å². The van der Waals surface area contributed by atoms with Gasteiger partial charge in [-0.05, 0) is 63.7 Å². The predicted molar refractivity (Wildman–Crippen MR) is 241 cm³/mol. The summed E-state index contributed by atoms with van der Waals surface area (Å²) < 4.78 is 13.2. The normalized spacial score (nSPS) is 13.1. The highest BCUT2D eigenvalue weighted by Gasteiger charge is 2.35. The molecule has 0 aliphatic heterocycles. The Hall–Kier alpha value is -7.56. The van der Waals surface area contributed by atoms with E-state index in [-0.39, 0.29) is 5.41 Å². The van der Waals surface area contributed by atoms with Crippen molar-refractivity contribution < 1.29 is 8.83 Å². The highest BCUT2D eigenvalue weighted by Crippen LogP contribution is 2.50. The van der Waals surface area contributed by atoms with Gasteiger partial charge in [-0.15, -0.1) is 0 Å². The predicted octanol–water partition coefficient (Wildman–Crippen LogP) is 14.9. The molecule has 0 saturated carbocycles. The minimum atomic E-state index is -0.148. The van der Waals surface area contributed by atoms with Gasteiger partial charge in [-0.1, -0.05) is 166 Å². The van der Waals surface area contributed by atoms with Gasteiger partial charge in [0.1, 0.15) is 22.3 Å². The van der Waals surface area contributed by atoms with Crippen LogP contribution in [0.1, 0.15) is 25.0 Å². The molecule has 0 unspecified atom stereocenters. The summed E-state index contributed by atoms with van der Waals surface area (Å²) in [7, 11) is 0. The van der Waals surface area contributed by atoms with Gasteiger partial charge in [-0.25, -0.2) is 9.97 Å². The van der Waals surface area contributed by atoms with Gasteiger partial charge in [0.05, 0.1) is 11.4 Å². The summed E-state index contributed by atoms with van der Waals surface area (Å²) in [6.07, 6.45) is 0. The minimum Gasteiger partial charge on any atom is -0.455 e. The van der Waals surface area contributed by atoms with Gasteiger partial charge in [0.2, 0.25) is 0 Å². The van der Waals surface area contributed by atoms with Crippen LogP contribution in [-0.2, 0) is 5.41 Å². The Morgan fingerprint density at radius 2 is 0.915 bits per heavy atom. The molecule has 0 N–H and O–H groups in total. The summed E-state index contributed by atoms with van der Waals surface area (Å²) in [4.78, 5) is 10.7. The third kappa shape index (κ3) is 5.16. The first-order valence-corrected chi connectivity index (χ1v) is 20.1. The number of furan rings is 2. The van der Waals surface area contributed by atoms with Crippen molar-refractivity contribution in [3.8, 4) is 67.3 Å². The molecular formula is C55H36N2O2. The zero-order valence-electron chi connectivity index (χ0n) is 32.5. The van der Waals surface area contributed by atoms with Gasteiger partial charge >= 0.3 is 0 Å². The molecule has 3 aromatic heterocycles. The smallest absolute Gasteiger partial charge is 0.160 e. The molecule has 8 aromatic carbocycles. The summed E-state index contributed by atoms with van der Waals surface area (Å²) in [6.45, 7) is 4.64. The number of fused-ring (bicyclic) bond motifs is 9. The van der Waals surface area contributed by atoms with Gasteiger partial charge in [0, 0.05) is 54.8 Å². The van der Waals surface area contributed by atoms with Crippen LogP contribution in [0.15, 0.2) is 191 Å². The van der Waals surface area contributed by atoms with Crippen LogP contribution in [0.25, 0.3) is 111 Å². The average molecular weight is 757 g/mol. The first-order valence-electron chi connectivity index (χ1n) is 20.1. The standard InChI is InChI=1S/C55H36N2O2/c1-55(2)46-23-9-6-16-38(46)39-29-27-35(31-47(39)55)48-32-49(57-54(56-48)33-14-4-3-5-15-33)45-30-34(36-19-12-21-43-40-17-7-10-24-50(40)58-52(36)43)26-28-37(45)42-20-13-22-44-41-18-8-11-25-51(41)59-53(42)44/h3-32H,1-2H3. The molecule has 278 valence electrons. The number of nitrogens with zero attached hydrogens (tertiary/aromatic N) is 2. The lowest BCUT2D eigenvalue weighted by Crippen LogP contribution is -2.14. The molecule has 59 heavy (non-hydrogen) atoms. The maximum Gasteiger partial charge on any atom is 0.160 e. The largest absolute Gasteiger partial charge is 0.455 e. The Bertz CT molecular complexity index is 3480. The molecule has 1 aliphatic rings. The van der Waals surface area contributed by atoms with Crippen LogP contribution in [0.4, 0.5) is 0 Å². The maximum atomic E-state index is 6.66. The van der Waals surface area contributed by atoms with E-state index in [4.69, 9.17) is 18.8 Å². The van der Waals surface area contributed by atoms with Crippen LogP contribution in [0.5, 0.6) is 0 Å². The minimum absolute atomic E-state index is 0.148. The number of aromatic nitrogens is 2. The second-order valence-corrected chi connectivity index (χ2v) is 16.1. The summed E-state index contributed by atoms with van der Waals surface area (Å²) in [5.74, 6) is 0.666. The van der Waals surface area contributed by atoms with Crippen molar-refractivity contribution in [1.82, 2.24) is 9.97 Å². The summed E-state index contributed by atoms with van der Waals surface area (Å²) in [5.41, 5.74) is 17.2. The average Bonchev–Trinajstić information content (AvgIpc) is 3.94. The molecule has 12 rings (SSSR count). The van der Waals surface area contributed by atoms with Gasteiger partial charge in [0.25, 0.3) is 0 Å². The van der Waals surface area contributed by atoms with Crippen molar-refractivity contribution in [3.05, 3.63) is 193 Å². The number of hydrogen-bond donors (Lipinski definition) is 0. The van der Waals surface area contributed by atoms with Crippen LogP contribution in [0.3, 0.4) is 0 Å². The fourth-order valence-corrected chi connectivity index (χ4v) is 9.41. The van der Waals surface area contributed by atoms with Crippen LogP contribution < -0.4 is 0 Å². The van der Waals surface area contributed by atoms with E-state index in [9.17, 15) is 0 Å². The lowest BCUT2D eigenvalue weighted by atomic mass is 9.82. The molecule has 0 spiro atoms. The van der Waals surface area contributed by atoms with Crippen LogP contribution >= 0.6 is 0 Å². The van der Waals surface area contributed by atoms with E-state index in [1.807, 2.05) is 42.5 Å². The molecule has 0 saturated heterocycles. The second-order valence-electron chi connectivity index (χ2n) is 16.1. The molecule has 0 amide bonds. The monoisotopic (exact) mass is 756 g/mol. The first-order chi connectivity index (χ1) is 29.0. The molecule has 4 heteroatoms. The summed E-state index contributed by atoms with van der Waals surface area (Å²) in [5, 5.41) is 4.37. The van der Waals surface area contributed by atoms with Crippen molar-refractivity contribution in [2.45, 2.75) is 19.3 Å². The molecule has 4 nitrogen and oxygen atoms in total. The van der Waals surface area contributed by atoms with Gasteiger partial charge in [0.15, 0.2) is 5.82 Å². The van der Waals surface area contributed by atoms with Gasteiger partial charge in [-0.3, -0.25) is 0 Å². The van der Waals surface area contributed by atoms with Crippen molar-refractivity contribution >= 4 is 43.9 Å². The second kappa shape index (κ2) is 12.7. The lowest BCUT2D eigenvalue weighted by Gasteiger charge is -2.22. The number of hydrogen-bond acceptors (Lipinski definition) is 4. The first kappa shape index (κ1) is 33.6.